The lowest BCUT2D eigenvalue weighted by molar-refractivity contribution is -0.379. The fraction of sp³-hybridized carbons (Fsp3) is 0.920. The fourth-order valence-corrected chi connectivity index (χ4v) is 15.3. The van der Waals surface area contributed by atoms with Crippen LogP contribution in [0.5, 0.6) is 0 Å². The summed E-state index contributed by atoms with van der Waals surface area (Å²) in [5.41, 5.74) is 0. The first-order valence-electron chi connectivity index (χ1n) is 44.7. The van der Waals surface area contributed by atoms with E-state index in [0.717, 1.165) is 44.9 Å². The first-order valence-corrected chi connectivity index (χ1v) is 44.7. The summed E-state index contributed by atoms with van der Waals surface area (Å²) in [6.45, 7) is 1.78. The number of allylic oxidation sites excluding steroid dienone is 5. The smallest absolute Gasteiger partial charge is 0.220 e. The molecule has 0 aromatic heterocycles. The molecule has 12 N–H and O–H groups in total. The van der Waals surface area contributed by atoms with E-state index in [2.05, 4.69) is 43.5 Å². The third-order valence-corrected chi connectivity index (χ3v) is 22.4. The number of carbonyl (C=O) groups excluding carboxylic acids is 1. The lowest BCUT2D eigenvalue weighted by atomic mass is 9.96. The normalized spacial score (nSPS) is 25.6. The summed E-state index contributed by atoms with van der Waals surface area (Å²) in [6.07, 6.45) is 60.2. The van der Waals surface area contributed by atoms with Gasteiger partial charge in [-0.15, -0.1) is 0 Å². The van der Waals surface area contributed by atoms with Gasteiger partial charge in [0.25, 0.3) is 0 Å². The minimum atomic E-state index is -1.98. The second-order valence-corrected chi connectivity index (χ2v) is 32.1. The molecule has 0 aliphatic carbocycles. The van der Waals surface area contributed by atoms with Crippen molar-refractivity contribution >= 4 is 5.91 Å². The van der Waals surface area contributed by atoms with Crippen LogP contribution in [-0.4, -0.2) is 193 Å². The molecule has 3 aliphatic heterocycles. The van der Waals surface area contributed by atoms with Crippen molar-refractivity contribution in [3.63, 3.8) is 0 Å². The van der Waals surface area contributed by atoms with Crippen LogP contribution in [0.3, 0.4) is 0 Å². The Morgan fingerprint density at radius 1 is 0.327 bits per heavy atom. The van der Waals surface area contributed by atoms with Crippen molar-refractivity contribution in [3.8, 4) is 0 Å². The van der Waals surface area contributed by atoms with E-state index in [1.54, 1.807) is 6.08 Å². The number of ether oxygens (including phenoxy) is 6. The Morgan fingerprint density at radius 2 is 0.598 bits per heavy atom. The zero-order valence-corrected chi connectivity index (χ0v) is 67.9. The third-order valence-electron chi connectivity index (χ3n) is 22.4. The molecule has 0 spiro atoms. The number of aliphatic hydroxyl groups is 11. The number of amides is 1. The first-order chi connectivity index (χ1) is 52.3. The van der Waals surface area contributed by atoms with Gasteiger partial charge in [0.05, 0.1) is 38.6 Å². The van der Waals surface area contributed by atoms with Gasteiger partial charge in [0, 0.05) is 6.42 Å². The van der Waals surface area contributed by atoms with E-state index in [4.69, 9.17) is 28.4 Å². The van der Waals surface area contributed by atoms with Crippen LogP contribution in [0, 0.1) is 0 Å². The standard InChI is InChI=1S/C88H165NO18/c1-3-5-7-9-11-13-15-17-19-21-23-25-27-29-31-33-35-37-39-41-43-45-47-49-51-53-55-57-59-61-63-65-72(93)71(89-76(94)66-64-62-60-58-56-54-52-50-48-46-44-42-40-38-36-34-32-30-28-26-24-22-20-18-16-14-12-10-8-6-4-2)70-102-86-82(100)79(97)84(74(68-91)104-86)107-88-83(101)80(98)85(75(69-92)105-88)106-87-81(99)78(96)77(95)73(67-90)103-87/h47,49,55,57,63,65,71-75,77-88,90-93,95-101H,3-46,48,50-54,56,58-62,64,66-70H2,1-2H3,(H,89,94)/b49-47+,57-55+,65-63+. The summed E-state index contributed by atoms with van der Waals surface area (Å²) in [5.74, 6) is -0.281. The maximum Gasteiger partial charge on any atom is 0.220 e. The van der Waals surface area contributed by atoms with Gasteiger partial charge in [-0.3, -0.25) is 4.79 Å². The second kappa shape index (κ2) is 68.4. The molecule has 0 bridgehead atoms. The van der Waals surface area contributed by atoms with Crippen molar-refractivity contribution in [1.29, 1.82) is 0 Å². The highest BCUT2D eigenvalue weighted by atomic mass is 16.8. The van der Waals surface area contributed by atoms with Crippen molar-refractivity contribution in [3.05, 3.63) is 36.5 Å². The van der Waals surface area contributed by atoms with Crippen LogP contribution in [0.1, 0.15) is 386 Å². The molecule has 0 aromatic rings. The molecule has 19 heteroatoms. The Balaban J connectivity index is 1.35. The van der Waals surface area contributed by atoms with Gasteiger partial charge in [0.1, 0.15) is 73.2 Å². The highest BCUT2D eigenvalue weighted by Gasteiger charge is 2.54. The SMILES string of the molecule is CCCCCCCCCCCCCCCCCCCCCCC/C=C/CC/C=C/CC/C=C/C(O)C(COC1OC(CO)C(OC2OC(CO)C(OC3OC(CO)C(O)C(O)C3O)C(O)C2O)C(O)C1O)NC(=O)CCCCCCCCCCCCCCCCCCCCCCCCCCCCCCCCC. The molecule has 630 valence electrons. The minimum Gasteiger partial charge on any atom is -0.394 e. The summed E-state index contributed by atoms with van der Waals surface area (Å²) >= 11 is 0. The minimum absolute atomic E-state index is 0.237. The molecule has 1 amide bonds. The molecule has 17 atom stereocenters. The molecule has 0 aromatic carbocycles. The highest BCUT2D eigenvalue weighted by molar-refractivity contribution is 5.76. The zero-order chi connectivity index (χ0) is 77.4. The van der Waals surface area contributed by atoms with Crippen LogP contribution in [0.25, 0.3) is 0 Å². The van der Waals surface area contributed by atoms with Crippen molar-refractivity contribution in [2.24, 2.45) is 0 Å². The van der Waals surface area contributed by atoms with Gasteiger partial charge in [-0.05, 0) is 44.9 Å². The Morgan fingerprint density at radius 3 is 0.935 bits per heavy atom. The molecule has 3 aliphatic rings. The van der Waals surface area contributed by atoms with E-state index in [1.807, 2.05) is 6.08 Å². The van der Waals surface area contributed by atoms with Crippen molar-refractivity contribution in [1.82, 2.24) is 5.32 Å². The lowest BCUT2D eigenvalue weighted by Crippen LogP contribution is -2.66. The van der Waals surface area contributed by atoms with Crippen LogP contribution in [0.4, 0.5) is 0 Å². The summed E-state index contributed by atoms with van der Waals surface area (Å²) in [5, 5.41) is 121. The Labute approximate surface area is 651 Å². The van der Waals surface area contributed by atoms with E-state index in [1.165, 1.54) is 308 Å². The lowest BCUT2D eigenvalue weighted by Gasteiger charge is -2.48. The van der Waals surface area contributed by atoms with Gasteiger partial charge in [0.15, 0.2) is 18.9 Å². The zero-order valence-electron chi connectivity index (χ0n) is 67.9. The van der Waals surface area contributed by atoms with Gasteiger partial charge in [-0.2, -0.15) is 0 Å². The number of aliphatic hydroxyl groups excluding tert-OH is 11. The fourth-order valence-electron chi connectivity index (χ4n) is 15.3. The topological polar surface area (TPSA) is 307 Å². The molecule has 0 radical (unpaired) electrons. The average Bonchev–Trinajstić information content (AvgIpc) is 0.781. The van der Waals surface area contributed by atoms with Crippen LogP contribution >= 0.6 is 0 Å². The van der Waals surface area contributed by atoms with Crippen LogP contribution < -0.4 is 5.32 Å². The number of nitrogens with one attached hydrogen (secondary N) is 1. The van der Waals surface area contributed by atoms with Crippen molar-refractivity contribution in [2.45, 2.75) is 491 Å². The van der Waals surface area contributed by atoms with Crippen LogP contribution in [0.15, 0.2) is 36.5 Å². The number of carbonyl (C=O) groups is 1. The van der Waals surface area contributed by atoms with Gasteiger partial charge in [0.2, 0.25) is 5.91 Å². The Kier molecular flexibility index (Phi) is 63.4. The van der Waals surface area contributed by atoms with E-state index >= 15 is 0 Å². The molecule has 3 rings (SSSR count). The van der Waals surface area contributed by atoms with Gasteiger partial charge in [-0.25, -0.2) is 0 Å². The van der Waals surface area contributed by atoms with Crippen molar-refractivity contribution in [2.75, 3.05) is 26.4 Å². The predicted molar refractivity (Wildman–Crippen MR) is 429 cm³/mol. The molecular formula is C88H165NO18. The van der Waals surface area contributed by atoms with E-state index in [0.29, 0.717) is 12.8 Å². The van der Waals surface area contributed by atoms with Gasteiger partial charge >= 0.3 is 0 Å². The largest absolute Gasteiger partial charge is 0.394 e. The molecule has 3 heterocycles. The molecular weight excluding hydrogens is 1360 g/mol. The third kappa shape index (κ3) is 47.5. The average molecular weight is 1530 g/mol. The summed E-state index contributed by atoms with van der Waals surface area (Å²) in [7, 11) is 0. The highest BCUT2D eigenvalue weighted by Crippen LogP contribution is 2.34. The number of hydrogen-bond acceptors (Lipinski definition) is 18. The second-order valence-electron chi connectivity index (χ2n) is 32.1. The number of unbranched alkanes of at least 4 members (excludes halogenated alkanes) is 53. The summed E-state index contributed by atoms with van der Waals surface area (Å²) < 4.78 is 34.5. The van der Waals surface area contributed by atoms with Crippen LogP contribution in [0.2, 0.25) is 0 Å². The van der Waals surface area contributed by atoms with E-state index in [9.17, 15) is 61.0 Å². The molecule has 17 unspecified atom stereocenters. The molecule has 107 heavy (non-hydrogen) atoms. The van der Waals surface area contributed by atoms with E-state index < -0.39 is 124 Å². The monoisotopic (exact) mass is 1520 g/mol. The summed E-state index contributed by atoms with van der Waals surface area (Å²) in [6, 6.07) is -0.997. The van der Waals surface area contributed by atoms with Gasteiger partial charge in [-0.1, -0.05) is 371 Å². The molecule has 3 saturated heterocycles. The quantitative estimate of drug-likeness (QED) is 0.0199. The Hall–Kier alpha value is -1.99. The maximum atomic E-state index is 13.5. The Bertz CT molecular complexity index is 2070. The maximum absolute atomic E-state index is 13.5. The molecule has 19 nitrogen and oxygen atoms in total. The number of hydrogen-bond donors (Lipinski definition) is 12. The van der Waals surface area contributed by atoms with E-state index in [-0.39, 0.29) is 18.9 Å². The predicted octanol–water partition coefficient (Wildman–Crippen LogP) is 16.6. The molecule has 0 saturated carbocycles. The first kappa shape index (κ1) is 99.2. The van der Waals surface area contributed by atoms with Crippen molar-refractivity contribution < 1.29 is 89.4 Å². The number of rotatable bonds is 73. The van der Waals surface area contributed by atoms with Gasteiger partial charge < -0.3 is 89.9 Å². The molecule has 3 fully saturated rings. The summed E-state index contributed by atoms with van der Waals surface area (Å²) in [4.78, 5) is 13.5. The van der Waals surface area contributed by atoms with Crippen LogP contribution in [-0.2, 0) is 33.2 Å².